The summed E-state index contributed by atoms with van der Waals surface area (Å²) in [5.41, 5.74) is 2.88. The molecule has 1 aliphatic heterocycles. The number of carboxylic acid groups (broad SMARTS) is 1. The molecule has 1 amide bonds. The molecule has 0 aliphatic carbocycles. The number of hydrogen-bond donors (Lipinski definition) is 3. The van der Waals surface area contributed by atoms with Gasteiger partial charge in [-0.1, -0.05) is 0 Å². The Morgan fingerprint density at radius 2 is 2.13 bits per heavy atom. The maximum atomic E-state index is 14.6. The average molecular weight is 466 g/mol. The summed E-state index contributed by atoms with van der Waals surface area (Å²) in [5.74, 6) is -5.58. The molecule has 1 aromatic carbocycles. The van der Waals surface area contributed by atoms with Crippen molar-refractivity contribution >= 4 is 47.0 Å². The maximum absolute atomic E-state index is 14.6. The number of nitrogens with zero attached hydrogens (tertiary/aromatic N) is 3. The Hall–Kier alpha value is -2.77. The van der Waals surface area contributed by atoms with Crippen LogP contribution in [0.2, 0.25) is 4.47 Å². The first kappa shape index (κ1) is 23.5. The first-order valence-corrected chi connectivity index (χ1v) is 9.17. The van der Waals surface area contributed by atoms with Crippen LogP contribution in [0.3, 0.4) is 0 Å². The molecule has 162 valence electrons. The van der Waals surface area contributed by atoms with Gasteiger partial charge in [0.25, 0.3) is 18.3 Å². The summed E-state index contributed by atoms with van der Waals surface area (Å²) in [7, 11) is 0. The van der Waals surface area contributed by atoms with E-state index in [1.54, 1.807) is 0 Å². The standard InChI is InChI=1S/C15H13ClF3N5O2S.CH2O2/c1-14(15(18,19)6-26-5-10(20)23-14)8-4-7(2-3-9(8)17)21-12(25)11-22-13(16)27-24-11;2-1-3/h2-4H,5-6H2,1H3,(H2,20,23)(H,21,25);1H,(H,2,3)/t14-;/m1./s1. The van der Waals surface area contributed by atoms with E-state index in [0.29, 0.717) is 0 Å². The minimum atomic E-state index is -3.54. The van der Waals surface area contributed by atoms with Crippen molar-refractivity contribution in [2.75, 3.05) is 18.5 Å². The maximum Gasteiger partial charge on any atom is 0.299 e. The highest BCUT2D eigenvalue weighted by Gasteiger charge is 2.54. The molecule has 0 unspecified atom stereocenters. The van der Waals surface area contributed by atoms with Crippen LogP contribution in [-0.2, 0) is 15.1 Å². The summed E-state index contributed by atoms with van der Waals surface area (Å²) in [5, 5.41) is 9.30. The SMILES string of the molecule is C[C@]1(c2cc(NC(=O)c3nsc(Cl)n3)ccc2F)N=C(N)COCC1(F)F.O=CO. The average Bonchev–Trinajstić information content (AvgIpc) is 3.06. The van der Waals surface area contributed by atoms with E-state index in [9.17, 15) is 18.0 Å². The van der Waals surface area contributed by atoms with Crippen LogP contribution in [0.25, 0.3) is 0 Å². The Balaban J connectivity index is 0.00000101. The third kappa shape index (κ3) is 5.04. The Morgan fingerprint density at radius 1 is 1.47 bits per heavy atom. The fraction of sp³-hybridized carbons (Fsp3) is 0.312. The summed E-state index contributed by atoms with van der Waals surface area (Å²) >= 11 is 6.44. The molecule has 9 nitrogen and oxygen atoms in total. The first-order valence-electron chi connectivity index (χ1n) is 8.02. The number of benzene rings is 1. The van der Waals surface area contributed by atoms with Crippen LogP contribution in [0.4, 0.5) is 18.9 Å². The number of carbonyl (C=O) groups excluding carboxylic acids is 1. The summed E-state index contributed by atoms with van der Waals surface area (Å²) in [6.07, 6.45) is 0. The molecule has 1 aliphatic rings. The van der Waals surface area contributed by atoms with E-state index < -0.39 is 35.4 Å². The Morgan fingerprint density at radius 3 is 2.73 bits per heavy atom. The van der Waals surface area contributed by atoms with Gasteiger partial charge in [0.2, 0.25) is 10.3 Å². The van der Waals surface area contributed by atoms with E-state index in [2.05, 4.69) is 19.7 Å². The molecule has 1 aromatic heterocycles. The number of alkyl halides is 2. The van der Waals surface area contributed by atoms with E-state index in [1.807, 2.05) is 0 Å². The molecule has 1 atom stereocenters. The minimum Gasteiger partial charge on any atom is -0.483 e. The van der Waals surface area contributed by atoms with Gasteiger partial charge in [-0.2, -0.15) is 9.36 Å². The highest BCUT2D eigenvalue weighted by atomic mass is 35.5. The van der Waals surface area contributed by atoms with Gasteiger partial charge in [0.1, 0.15) is 24.9 Å². The van der Waals surface area contributed by atoms with Gasteiger partial charge in [-0.3, -0.25) is 14.6 Å². The summed E-state index contributed by atoms with van der Waals surface area (Å²) in [4.78, 5) is 28.0. The van der Waals surface area contributed by atoms with Crippen LogP contribution in [0, 0.1) is 5.82 Å². The summed E-state index contributed by atoms with van der Waals surface area (Å²) < 4.78 is 52.3. The molecule has 0 saturated carbocycles. The number of anilines is 1. The normalized spacial score (nSPS) is 20.2. The van der Waals surface area contributed by atoms with Gasteiger partial charge in [-0.25, -0.2) is 13.2 Å². The molecule has 0 radical (unpaired) electrons. The summed E-state index contributed by atoms with van der Waals surface area (Å²) in [6, 6.07) is 3.23. The zero-order valence-corrected chi connectivity index (χ0v) is 16.8. The predicted molar refractivity (Wildman–Crippen MR) is 103 cm³/mol. The molecule has 14 heteroatoms. The largest absolute Gasteiger partial charge is 0.483 e. The zero-order valence-electron chi connectivity index (χ0n) is 15.2. The Kier molecular flexibility index (Phi) is 7.34. The Bertz CT molecular complexity index is 974. The number of rotatable bonds is 3. The molecule has 0 bridgehead atoms. The van der Waals surface area contributed by atoms with Crippen molar-refractivity contribution in [1.29, 1.82) is 0 Å². The second kappa shape index (κ2) is 9.36. The summed E-state index contributed by atoms with van der Waals surface area (Å²) in [6.45, 7) is -0.467. The minimum absolute atomic E-state index is 0.0540. The number of aromatic nitrogens is 2. The van der Waals surface area contributed by atoms with E-state index >= 15 is 0 Å². The van der Waals surface area contributed by atoms with Gasteiger partial charge in [0.05, 0.1) is 0 Å². The van der Waals surface area contributed by atoms with Crippen molar-refractivity contribution in [2.45, 2.75) is 18.4 Å². The topological polar surface area (TPSA) is 140 Å². The van der Waals surface area contributed by atoms with Crippen molar-refractivity contribution in [2.24, 2.45) is 10.7 Å². The van der Waals surface area contributed by atoms with Crippen molar-refractivity contribution in [3.8, 4) is 0 Å². The van der Waals surface area contributed by atoms with Crippen molar-refractivity contribution in [1.82, 2.24) is 9.36 Å². The Labute approximate surface area is 176 Å². The van der Waals surface area contributed by atoms with Gasteiger partial charge in [-0.15, -0.1) is 0 Å². The fourth-order valence-corrected chi connectivity index (χ4v) is 3.14. The number of aliphatic imine (C=N–C) groups is 1. The van der Waals surface area contributed by atoms with Crippen LogP contribution >= 0.6 is 23.1 Å². The zero-order chi connectivity index (χ0) is 22.5. The highest BCUT2D eigenvalue weighted by molar-refractivity contribution is 7.10. The van der Waals surface area contributed by atoms with E-state index in [1.165, 1.54) is 6.07 Å². The van der Waals surface area contributed by atoms with E-state index in [0.717, 1.165) is 30.6 Å². The number of ether oxygens (including phenoxy) is 1. The number of carbonyl (C=O) groups is 2. The quantitative estimate of drug-likeness (QED) is 0.591. The lowest BCUT2D eigenvalue weighted by atomic mass is 9.85. The molecule has 0 spiro atoms. The van der Waals surface area contributed by atoms with Gasteiger partial charge < -0.3 is 20.9 Å². The smallest absolute Gasteiger partial charge is 0.299 e. The van der Waals surface area contributed by atoms with Crippen LogP contribution in [0.5, 0.6) is 0 Å². The molecule has 2 aromatic rings. The van der Waals surface area contributed by atoms with E-state index in [4.69, 9.17) is 32.0 Å². The van der Waals surface area contributed by atoms with E-state index in [-0.39, 0.29) is 34.9 Å². The third-order valence-electron chi connectivity index (χ3n) is 3.97. The number of nitrogens with one attached hydrogen (secondary N) is 1. The molecular weight excluding hydrogens is 451 g/mol. The van der Waals surface area contributed by atoms with Gasteiger partial charge in [0.15, 0.2) is 5.54 Å². The number of hydrogen-bond acceptors (Lipinski definition) is 8. The molecular formula is C16H15ClF3N5O4S. The monoisotopic (exact) mass is 465 g/mol. The lowest BCUT2D eigenvalue weighted by Gasteiger charge is -2.33. The second-order valence-corrected chi connectivity index (χ2v) is 7.33. The molecule has 30 heavy (non-hydrogen) atoms. The van der Waals surface area contributed by atoms with Crippen molar-refractivity contribution in [3.63, 3.8) is 0 Å². The molecule has 4 N–H and O–H groups in total. The number of amides is 1. The molecule has 3 rings (SSSR count). The van der Waals surface area contributed by atoms with Crippen LogP contribution in [0.15, 0.2) is 23.2 Å². The lowest BCUT2D eigenvalue weighted by molar-refractivity contribution is -0.122. The van der Waals surface area contributed by atoms with Crippen molar-refractivity contribution < 1.29 is 32.6 Å². The van der Waals surface area contributed by atoms with Crippen LogP contribution in [-0.4, -0.2) is 51.8 Å². The molecule has 2 heterocycles. The van der Waals surface area contributed by atoms with Gasteiger partial charge in [0, 0.05) is 11.3 Å². The first-order chi connectivity index (χ1) is 14.0. The van der Waals surface area contributed by atoms with Gasteiger partial charge in [-0.05, 0) is 48.3 Å². The van der Waals surface area contributed by atoms with Gasteiger partial charge >= 0.3 is 0 Å². The van der Waals surface area contributed by atoms with Crippen LogP contribution < -0.4 is 11.1 Å². The molecule has 0 fully saturated rings. The highest BCUT2D eigenvalue weighted by Crippen LogP contribution is 2.44. The number of amidine groups is 1. The van der Waals surface area contributed by atoms with Crippen molar-refractivity contribution in [3.05, 3.63) is 39.9 Å². The fourth-order valence-electron chi connectivity index (χ4n) is 2.54. The second-order valence-electron chi connectivity index (χ2n) is 6.00. The number of halogens is 4. The predicted octanol–water partition coefficient (Wildman–Crippen LogP) is 2.52. The third-order valence-corrected chi connectivity index (χ3v) is 4.76. The molecule has 0 saturated heterocycles. The number of nitrogens with two attached hydrogens (primary N) is 1. The lowest BCUT2D eigenvalue weighted by Crippen LogP contribution is -2.45. The van der Waals surface area contributed by atoms with Crippen LogP contribution in [0.1, 0.15) is 23.1 Å².